The van der Waals surface area contributed by atoms with Gasteiger partial charge >= 0.3 is 0 Å². The number of benzene rings is 2. The second kappa shape index (κ2) is 7.83. The Balaban J connectivity index is 1.87. The summed E-state index contributed by atoms with van der Waals surface area (Å²) in [7, 11) is 0. The van der Waals surface area contributed by atoms with Crippen LogP contribution in [0.5, 0.6) is 0 Å². The first-order chi connectivity index (χ1) is 12.6. The van der Waals surface area contributed by atoms with Crippen molar-refractivity contribution in [3.05, 3.63) is 65.0 Å². The van der Waals surface area contributed by atoms with E-state index in [1.165, 1.54) is 42.8 Å². The minimum Gasteiger partial charge on any atom is -0.545 e. The molecule has 1 aliphatic heterocycles. The lowest BCUT2D eigenvalue weighted by Crippen LogP contribution is -2.29. The number of anilines is 1. The number of carboxylic acids is 1. The van der Waals surface area contributed by atoms with Crippen molar-refractivity contribution in [2.45, 2.75) is 19.3 Å². The number of carboxylic acid groups (broad SMARTS) is 1. The topological polar surface area (TPSA) is 67.2 Å². The van der Waals surface area contributed by atoms with Crippen LogP contribution in [0.1, 0.15) is 40.7 Å². The van der Waals surface area contributed by atoms with Crippen LogP contribution in [0.3, 0.4) is 0 Å². The highest BCUT2D eigenvalue weighted by Gasteiger charge is 2.13. The highest BCUT2D eigenvalue weighted by atomic mass is 19.1. The van der Waals surface area contributed by atoms with Crippen LogP contribution in [0.4, 0.5) is 10.1 Å². The van der Waals surface area contributed by atoms with Gasteiger partial charge in [-0.15, -0.1) is 0 Å². The summed E-state index contributed by atoms with van der Waals surface area (Å²) in [6.07, 6.45) is 4.92. The third kappa shape index (κ3) is 3.92. The number of allylic oxidation sites excluding steroid dienone is 1. The molecule has 0 spiro atoms. The second-order valence-electron chi connectivity index (χ2n) is 6.29. The monoisotopic (exact) mass is 349 g/mol. The van der Waals surface area contributed by atoms with Crippen LogP contribution < -0.4 is 10.0 Å². The van der Waals surface area contributed by atoms with Crippen molar-refractivity contribution in [3.63, 3.8) is 0 Å². The molecule has 0 aliphatic carbocycles. The number of halogens is 1. The van der Waals surface area contributed by atoms with Crippen molar-refractivity contribution in [2.24, 2.45) is 0 Å². The maximum Gasteiger partial charge on any atom is 0.132 e. The summed E-state index contributed by atoms with van der Waals surface area (Å²) in [4.78, 5) is 13.0. The molecule has 2 aromatic carbocycles. The zero-order chi connectivity index (χ0) is 18.5. The van der Waals surface area contributed by atoms with Gasteiger partial charge in [-0.25, -0.2) is 4.39 Å². The van der Waals surface area contributed by atoms with E-state index in [4.69, 9.17) is 0 Å². The molecular weight excluding hydrogens is 331 g/mol. The Morgan fingerprint density at radius 3 is 2.31 bits per heavy atom. The van der Waals surface area contributed by atoms with Gasteiger partial charge in [0.05, 0.1) is 17.6 Å². The predicted molar refractivity (Wildman–Crippen MR) is 96.7 cm³/mol. The zero-order valence-corrected chi connectivity index (χ0v) is 14.2. The van der Waals surface area contributed by atoms with E-state index in [9.17, 15) is 19.6 Å². The van der Waals surface area contributed by atoms with Crippen molar-refractivity contribution in [3.8, 4) is 6.07 Å². The van der Waals surface area contributed by atoms with Crippen LogP contribution >= 0.6 is 0 Å². The molecule has 0 amide bonds. The maximum atomic E-state index is 14.5. The summed E-state index contributed by atoms with van der Waals surface area (Å²) < 4.78 is 14.5. The number of rotatable bonds is 4. The summed E-state index contributed by atoms with van der Waals surface area (Å²) in [5.74, 6) is -1.66. The number of aromatic carboxylic acids is 1. The fourth-order valence-corrected chi connectivity index (χ4v) is 3.10. The van der Waals surface area contributed by atoms with Gasteiger partial charge in [-0.3, -0.25) is 0 Å². The molecule has 1 aliphatic rings. The summed E-state index contributed by atoms with van der Waals surface area (Å²) in [5.41, 5.74) is 2.00. The molecule has 0 bridgehead atoms. The summed E-state index contributed by atoms with van der Waals surface area (Å²) >= 11 is 0. The van der Waals surface area contributed by atoms with Gasteiger partial charge in [0, 0.05) is 24.3 Å². The van der Waals surface area contributed by atoms with E-state index in [1.807, 2.05) is 12.1 Å². The standard InChI is InChI=1S/C21H19FN2O2/c22-20-13-19(24-10-2-1-3-11-24)9-8-17(20)12-18(14-23)15-4-6-16(7-5-15)21(25)26/h4-9,12-13H,1-3,10-11H2,(H,25,26)/p-1/b18-12-. The van der Waals surface area contributed by atoms with Crippen molar-refractivity contribution in [1.82, 2.24) is 0 Å². The fraction of sp³-hybridized carbons (Fsp3) is 0.238. The van der Waals surface area contributed by atoms with Crippen molar-refractivity contribution in [2.75, 3.05) is 18.0 Å². The lowest BCUT2D eigenvalue weighted by Gasteiger charge is -2.28. The van der Waals surface area contributed by atoms with Crippen LogP contribution in [-0.4, -0.2) is 19.1 Å². The average Bonchev–Trinajstić information content (AvgIpc) is 2.68. The quantitative estimate of drug-likeness (QED) is 0.628. The van der Waals surface area contributed by atoms with Crippen LogP contribution in [-0.2, 0) is 0 Å². The van der Waals surface area contributed by atoms with Gasteiger partial charge in [0.15, 0.2) is 0 Å². The zero-order valence-electron chi connectivity index (χ0n) is 14.2. The van der Waals surface area contributed by atoms with Gasteiger partial charge in [-0.2, -0.15) is 5.26 Å². The lowest BCUT2D eigenvalue weighted by atomic mass is 10.0. The second-order valence-corrected chi connectivity index (χ2v) is 6.29. The molecule has 0 saturated carbocycles. The molecule has 1 heterocycles. The first-order valence-corrected chi connectivity index (χ1v) is 8.56. The Bertz CT molecular complexity index is 876. The van der Waals surface area contributed by atoms with E-state index in [2.05, 4.69) is 4.90 Å². The van der Waals surface area contributed by atoms with Crippen LogP contribution in [0.25, 0.3) is 11.6 Å². The summed E-state index contributed by atoms with van der Waals surface area (Å²) in [6, 6.07) is 12.9. The number of nitriles is 1. The Labute approximate surface area is 151 Å². The third-order valence-corrected chi connectivity index (χ3v) is 4.56. The van der Waals surface area contributed by atoms with E-state index in [0.29, 0.717) is 11.1 Å². The van der Waals surface area contributed by atoms with Crippen LogP contribution in [0.2, 0.25) is 0 Å². The minimum atomic E-state index is -1.28. The van der Waals surface area contributed by atoms with Gasteiger partial charge in [0.25, 0.3) is 0 Å². The molecule has 1 saturated heterocycles. The molecule has 0 N–H and O–H groups in total. The van der Waals surface area contributed by atoms with Crippen LogP contribution in [0.15, 0.2) is 42.5 Å². The molecule has 0 aromatic heterocycles. The highest BCUT2D eigenvalue weighted by molar-refractivity contribution is 5.91. The molecular formula is C21H18FN2O2-. The number of piperidine rings is 1. The number of carbonyl (C=O) groups excluding carboxylic acids is 1. The molecule has 0 atom stereocenters. The Morgan fingerprint density at radius 1 is 1.08 bits per heavy atom. The maximum absolute atomic E-state index is 14.5. The van der Waals surface area contributed by atoms with Crippen LogP contribution in [0, 0.1) is 17.1 Å². The normalized spacial score (nSPS) is 14.8. The first kappa shape index (κ1) is 17.7. The van der Waals surface area contributed by atoms with Gasteiger partial charge in [-0.1, -0.05) is 24.3 Å². The fourth-order valence-electron chi connectivity index (χ4n) is 3.10. The molecule has 4 nitrogen and oxygen atoms in total. The Hall–Kier alpha value is -3.13. The SMILES string of the molecule is N#C/C(=C/c1ccc(N2CCCCC2)cc1F)c1ccc(C(=O)[O-])cc1. The Kier molecular flexibility index (Phi) is 5.33. The molecule has 3 rings (SSSR count). The Morgan fingerprint density at radius 2 is 1.73 bits per heavy atom. The van der Waals surface area contributed by atoms with E-state index in [1.54, 1.807) is 6.07 Å². The smallest absolute Gasteiger partial charge is 0.132 e. The summed E-state index contributed by atoms with van der Waals surface area (Å²) in [6.45, 7) is 1.87. The number of carbonyl (C=O) groups is 1. The van der Waals surface area contributed by atoms with Crippen molar-refractivity contribution in [1.29, 1.82) is 5.26 Å². The average molecular weight is 349 g/mol. The molecule has 132 valence electrons. The molecule has 1 fully saturated rings. The largest absolute Gasteiger partial charge is 0.545 e. The minimum absolute atomic E-state index is 0.0307. The van der Waals surface area contributed by atoms with E-state index in [0.717, 1.165) is 31.6 Å². The van der Waals surface area contributed by atoms with Gasteiger partial charge in [0.2, 0.25) is 0 Å². The number of nitrogens with zero attached hydrogens (tertiary/aromatic N) is 2. The summed E-state index contributed by atoms with van der Waals surface area (Å²) in [5, 5.41) is 20.2. The molecule has 0 unspecified atom stereocenters. The molecule has 5 heteroatoms. The molecule has 2 aromatic rings. The van der Waals surface area contributed by atoms with E-state index >= 15 is 0 Å². The number of hydrogen-bond donors (Lipinski definition) is 0. The van der Waals surface area contributed by atoms with E-state index < -0.39 is 5.97 Å². The van der Waals surface area contributed by atoms with Gasteiger partial charge in [-0.05, 0) is 54.7 Å². The third-order valence-electron chi connectivity index (χ3n) is 4.56. The predicted octanol–water partition coefficient (Wildman–Crippen LogP) is 3.24. The van der Waals surface area contributed by atoms with Gasteiger partial charge in [0.1, 0.15) is 5.82 Å². The lowest BCUT2D eigenvalue weighted by molar-refractivity contribution is -0.255. The van der Waals surface area contributed by atoms with Gasteiger partial charge < -0.3 is 14.8 Å². The molecule has 0 radical (unpaired) electrons. The van der Waals surface area contributed by atoms with Crippen molar-refractivity contribution >= 4 is 23.3 Å². The highest BCUT2D eigenvalue weighted by Crippen LogP contribution is 2.25. The number of hydrogen-bond acceptors (Lipinski definition) is 4. The van der Waals surface area contributed by atoms with Crippen molar-refractivity contribution < 1.29 is 14.3 Å². The van der Waals surface area contributed by atoms with E-state index in [-0.39, 0.29) is 17.0 Å². The first-order valence-electron chi connectivity index (χ1n) is 8.56. The molecule has 26 heavy (non-hydrogen) atoms.